The highest BCUT2D eigenvalue weighted by molar-refractivity contribution is 8.00. The third-order valence-corrected chi connectivity index (χ3v) is 7.17. The highest BCUT2D eigenvalue weighted by Crippen LogP contribution is 2.48. The molecule has 0 N–H and O–H groups in total. The van der Waals surface area contributed by atoms with Crippen molar-refractivity contribution in [2.24, 2.45) is 0 Å². The molecule has 0 bridgehead atoms. The van der Waals surface area contributed by atoms with Gasteiger partial charge >= 0.3 is 0 Å². The molecule has 0 spiro atoms. The van der Waals surface area contributed by atoms with E-state index in [1.807, 2.05) is 84.9 Å². The van der Waals surface area contributed by atoms with Gasteiger partial charge in [-0.15, -0.1) is 0 Å². The lowest BCUT2D eigenvalue weighted by Gasteiger charge is -2.31. The molecule has 4 aromatic rings. The number of thioether (sulfide) groups is 1. The van der Waals surface area contributed by atoms with E-state index >= 15 is 0 Å². The van der Waals surface area contributed by atoms with Crippen molar-refractivity contribution in [2.45, 2.75) is 14.8 Å². The lowest BCUT2D eigenvalue weighted by atomic mass is 10.1. The fourth-order valence-electron chi connectivity index (χ4n) is 3.57. The number of nitrogens with zero attached hydrogens (tertiary/aromatic N) is 3. The second-order valence-electron chi connectivity index (χ2n) is 7.08. The Morgan fingerprint density at radius 2 is 1.50 bits per heavy atom. The Morgan fingerprint density at radius 1 is 0.875 bits per heavy atom. The third kappa shape index (κ3) is 3.89. The first-order valence-corrected chi connectivity index (χ1v) is 11.8. The van der Waals surface area contributed by atoms with Gasteiger partial charge in [0, 0.05) is 15.4 Å². The van der Waals surface area contributed by atoms with Crippen LogP contribution in [0.3, 0.4) is 0 Å². The molecule has 6 heteroatoms. The van der Waals surface area contributed by atoms with Crippen LogP contribution in [-0.2, 0) is 4.79 Å². The van der Waals surface area contributed by atoms with Crippen LogP contribution in [0.4, 0.5) is 11.4 Å². The van der Waals surface area contributed by atoms with Gasteiger partial charge in [-0.1, -0.05) is 78.1 Å². The van der Waals surface area contributed by atoms with Crippen LogP contribution in [0.25, 0.3) is 11.3 Å². The zero-order valence-corrected chi connectivity index (χ0v) is 18.6. The van der Waals surface area contributed by atoms with Gasteiger partial charge in [-0.25, -0.2) is 4.98 Å². The smallest absolute Gasteiger partial charge is 0.242 e. The molecule has 0 aliphatic carbocycles. The quantitative estimate of drug-likeness (QED) is 0.330. The van der Waals surface area contributed by atoms with Crippen molar-refractivity contribution in [2.75, 3.05) is 10.7 Å². The van der Waals surface area contributed by atoms with Crippen molar-refractivity contribution in [3.05, 3.63) is 96.6 Å². The molecule has 32 heavy (non-hydrogen) atoms. The second-order valence-corrected chi connectivity index (χ2v) is 9.13. The van der Waals surface area contributed by atoms with Crippen LogP contribution in [0, 0.1) is 11.3 Å². The summed E-state index contributed by atoms with van der Waals surface area (Å²) in [5, 5.41) is 10.1. The summed E-state index contributed by atoms with van der Waals surface area (Å²) in [5.74, 6) is 0.124. The van der Waals surface area contributed by atoms with E-state index in [4.69, 9.17) is 0 Å². The summed E-state index contributed by atoms with van der Waals surface area (Å²) in [6.07, 6.45) is 0. The SMILES string of the molecule is N#Cc1ccc(-c2ccccc2)nc1SCC(=O)N1c2ccccc2Sc2ccccc21. The maximum absolute atomic E-state index is 13.4. The summed E-state index contributed by atoms with van der Waals surface area (Å²) in [4.78, 5) is 22.0. The number of carbonyl (C=O) groups is 1. The molecule has 0 saturated carbocycles. The van der Waals surface area contributed by atoms with Crippen LogP contribution < -0.4 is 4.90 Å². The minimum atomic E-state index is -0.0500. The molecular formula is C26H17N3OS2. The summed E-state index contributed by atoms with van der Waals surface area (Å²) >= 11 is 2.97. The van der Waals surface area contributed by atoms with Crippen LogP contribution >= 0.6 is 23.5 Å². The molecule has 1 aliphatic rings. The molecule has 5 rings (SSSR count). The van der Waals surface area contributed by atoms with E-state index in [1.54, 1.807) is 22.7 Å². The molecule has 3 aromatic carbocycles. The summed E-state index contributed by atoms with van der Waals surface area (Å²) < 4.78 is 0. The Bertz CT molecular complexity index is 1300. The topological polar surface area (TPSA) is 57.0 Å². The van der Waals surface area contributed by atoms with Crippen molar-refractivity contribution < 1.29 is 4.79 Å². The van der Waals surface area contributed by atoms with Gasteiger partial charge in [0.25, 0.3) is 0 Å². The van der Waals surface area contributed by atoms with Crippen LogP contribution in [0.1, 0.15) is 5.56 Å². The molecule has 1 aromatic heterocycles. The number of amides is 1. The number of para-hydroxylation sites is 2. The molecule has 154 valence electrons. The third-order valence-electron chi connectivity index (χ3n) is 5.06. The number of benzene rings is 3. The van der Waals surface area contributed by atoms with E-state index in [2.05, 4.69) is 11.1 Å². The first-order valence-electron chi connectivity index (χ1n) is 10.0. The van der Waals surface area contributed by atoms with E-state index in [1.165, 1.54) is 11.8 Å². The van der Waals surface area contributed by atoms with Gasteiger partial charge in [0.2, 0.25) is 5.91 Å². The lowest BCUT2D eigenvalue weighted by Crippen LogP contribution is -2.30. The Morgan fingerprint density at radius 3 is 2.16 bits per heavy atom. The number of hydrogen-bond donors (Lipinski definition) is 0. The Labute approximate surface area is 194 Å². The van der Waals surface area contributed by atoms with Gasteiger partial charge in [0.1, 0.15) is 11.1 Å². The van der Waals surface area contributed by atoms with Crippen LogP contribution in [0.5, 0.6) is 0 Å². The lowest BCUT2D eigenvalue weighted by molar-refractivity contribution is -0.115. The fourth-order valence-corrected chi connectivity index (χ4v) is 5.45. The summed E-state index contributed by atoms with van der Waals surface area (Å²) in [5.41, 5.74) is 3.99. The largest absolute Gasteiger partial charge is 0.278 e. The normalized spacial score (nSPS) is 11.9. The average Bonchev–Trinajstić information content (AvgIpc) is 2.86. The van der Waals surface area contributed by atoms with Crippen molar-refractivity contribution in [3.63, 3.8) is 0 Å². The van der Waals surface area contributed by atoms with Gasteiger partial charge in [-0.2, -0.15) is 5.26 Å². The van der Waals surface area contributed by atoms with Crippen molar-refractivity contribution in [1.29, 1.82) is 5.26 Å². The predicted molar refractivity (Wildman–Crippen MR) is 129 cm³/mol. The standard InChI is InChI=1S/C26H17N3OS2/c27-16-19-14-15-20(18-8-2-1-3-9-18)28-26(19)31-17-25(30)29-21-10-4-6-12-23(21)32-24-13-7-5-11-22(24)29/h1-15H,17H2. The van der Waals surface area contributed by atoms with E-state index < -0.39 is 0 Å². The Balaban J connectivity index is 1.44. The van der Waals surface area contributed by atoms with E-state index in [0.717, 1.165) is 32.4 Å². The molecule has 0 saturated heterocycles. The zero-order chi connectivity index (χ0) is 21.9. The first kappa shape index (κ1) is 20.4. The van der Waals surface area contributed by atoms with Crippen molar-refractivity contribution >= 4 is 40.8 Å². The maximum atomic E-state index is 13.4. The van der Waals surface area contributed by atoms with E-state index in [-0.39, 0.29) is 11.7 Å². The average molecular weight is 452 g/mol. The first-order chi connectivity index (χ1) is 15.7. The molecule has 0 fully saturated rings. The predicted octanol–water partition coefficient (Wildman–Crippen LogP) is 6.54. The number of pyridine rings is 1. The minimum absolute atomic E-state index is 0.0500. The highest BCUT2D eigenvalue weighted by atomic mass is 32.2. The molecule has 0 atom stereocenters. The summed E-state index contributed by atoms with van der Waals surface area (Å²) in [6, 6.07) is 31.5. The zero-order valence-electron chi connectivity index (χ0n) is 16.9. The van der Waals surface area contributed by atoms with Crippen molar-refractivity contribution in [3.8, 4) is 17.3 Å². The highest BCUT2D eigenvalue weighted by Gasteiger charge is 2.28. The molecular weight excluding hydrogens is 434 g/mol. The number of rotatable bonds is 4. The van der Waals surface area contributed by atoms with Crippen molar-refractivity contribution in [1.82, 2.24) is 4.98 Å². The molecule has 0 radical (unpaired) electrons. The fraction of sp³-hybridized carbons (Fsp3) is 0.0385. The van der Waals surface area contributed by atoms with Crippen LogP contribution in [0.15, 0.2) is 106 Å². The number of anilines is 2. The van der Waals surface area contributed by atoms with Gasteiger partial charge in [-0.05, 0) is 36.4 Å². The summed E-state index contributed by atoms with van der Waals surface area (Å²) in [6.45, 7) is 0. The number of hydrogen-bond acceptors (Lipinski definition) is 5. The number of fused-ring (bicyclic) bond motifs is 2. The maximum Gasteiger partial charge on any atom is 0.242 e. The molecule has 2 heterocycles. The minimum Gasteiger partial charge on any atom is -0.278 e. The second kappa shape index (κ2) is 8.91. The number of carbonyl (C=O) groups excluding carboxylic acids is 1. The van der Waals surface area contributed by atoms with E-state index in [0.29, 0.717) is 10.6 Å². The Kier molecular flexibility index (Phi) is 5.68. The van der Waals surface area contributed by atoms with Crippen LogP contribution in [0.2, 0.25) is 0 Å². The Hall–Kier alpha value is -3.53. The summed E-state index contributed by atoms with van der Waals surface area (Å²) in [7, 11) is 0. The molecule has 1 amide bonds. The number of nitriles is 1. The number of aromatic nitrogens is 1. The molecule has 0 unspecified atom stereocenters. The van der Waals surface area contributed by atoms with Gasteiger partial charge in [-0.3, -0.25) is 9.69 Å². The van der Waals surface area contributed by atoms with Crippen LogP contribution in [-0.4, -0.2) is 16.6 Å². The van der Waals surface area contributed by atoms with E-state index in [9.17, 15) is 10.1 Å². The van der Waals surface area contributed by atoms with Gasteiger partial charge < -0.3 is 0 Å². The molecule has 4 nitrogen and oxygen atoms in total. The van der Waals surface area contributed by atoms with Gasteiger partial charge in [0.15, 0.2) is 0 Å². The molecule has 1 aliphatic heterocycles. The monoisotopic (exact) mass is 451 g/mol. The van der Waals surface area contributed by atoms with Gasteiger partial charge in [0.05, 0.1) is 28.4 Å².